The van der Waals surface area contributed by atoms with Crippen LogP contribution in [0.1, 0.15) is 78.1 Å². The van der Waals surface area contributed by atoms with Gasteiger partial charge in [-0.2, -0.15) is 0 Å². The number of rotatable bonds is 13. The van der Waals surface area contributed by atoms with Gasteiger partial charge in [0.2, 0.25) is 0 Å². The van der Waals surface area contributed by atoms with Crippen LogP contribution in [-0.4, -0.2) is 12.1 Å². The molecule has 0 aliphatic rings. The van der Waals surface area contributed by atoms with E-state index in [0.29, 0.717) is 0 Å². The first kappa shape index (κ1) is 18.9. The summed E-state index contributed by atoms with van der Waals surface area (Å²) in [6.07, 6.45) is 17.8. The normalized spacial score (nSPS) is 12.5. The molecule has 0 heterocycles. The Morgan fingerprint density at radius 3 is 2.35 bits per heavy atom. The smallest absolute Gasteiger partial charge is 0.302 e. The Balaban J connectivity index is 3.64. The molecule has 116 valence electrons. The molecule has 0 aromatic rings. The van der Waals surface area contributed by atoms with Crippen LogP contribution in [0.25, 0.3) is 0 Å². The number of unbranched alkanes of at least 4 members (excludes halogenated alkanes) is 6. The van der Waals surface area contributed by atoms with Crippen molar-refractivity contribution in [2.24, 2.45) is 0 Å². The first-order valence-electron chi connectivity index (χ1n) is 8.15. The van der Waals surface area contributed by atoms with E-state index < -0.39 is 0 Å². The maximum absolute atomic E-state index is 11.1. The summed E-state index contributed by atoms with van der Waals surface area (Å²) in [6, 6.07) is 0. The van der Waals surface area contributed by atoms with Crippen LogP contribution < -0.4 is 0 Å². The van der Waals surface area contributed by atoms with Gasteiger partial charge < -0.3 is 4.74 Å². The average Bonchev–Trinajstić information content (AvgIpc) is 2.41. The lowest BCUT2D eigenvalue weighted by molar-refractivity contribution is -0.147. The Morgan fingerprint density at radius 2 is 1.75 bits per heavy atom. The van der Waals surface area contributed by atoms with Gasteiger partial charge in [-0.3, -0.25) is 4.79 Å². The molecule has 0 bridgehead atoms. The monoisotopic (exact) mass is 280 g/mol. The molecule has 0 amide bonds. The molecular formula is C18H32O2. The van der Waals surface area contributed by atoms with Gasteiger partial charge in [-0.25, -0.2) is 0 Å². The second-order valence-corrected chi connectivity index (χ2v) is 5.38. The fourth-order valence-corrected chi connectivity index (χ4v) is 2.30. The van der Waals surface area contributed by atoms with E-state index in [1.807, 2.05) is 12.2 Å². The number of ether oxygens (including phenoxy) is 1. The van der Waals surface area contributed by atoms with Crippen molar-refractivity contribution in [2.75, 3.05) is 0 Å². The molecule has 2 nitrogen and oxygen atoms in total. The Labute approximate surface area is 125 Å². The van der Waals surface area contributed by atoms with Gasteiger partial charge in [0, 0.05) is 6.92 Å². The van der Waals surface area contributed by atoms with Crippen molar-refractivity contribution in [1.29, 1.82) is 0 Å². The highest BCUT2D eigenvalue weighted by Gasteiger charge is 2.11. The third-order valence-corrected chi connectivity index (χ3v) is 3.38. The Morgan fingerprint density at radius 1 is 1.10 bits per heavy atom. The molecule has 0 aliphatic heterocycles. The molecule has 0 saturated carbocycles. The molecule has 1 atom stereocenters. The SMILES string of the molecule is C=C/C=C\CCCCCCC(CCCCC)OC(C)=O. The van der Waals surface area contributed by atoms with E-state index in [9.17, 15) is 4.79 Å². The van der Waals surface area contributed by atoms with Gasteiger partial charge in [0.1, 0.15) is 6.10 Å². The van der Waals surface area contributed by atoms with E-state index in [-0.39, 0.29) is 12.1 Å². The van der Waals surface area contributed by atoms with Crippen LogP contribution in [0.2, 0.25) is 0 Å². The summed E-state index contributed by atoms with van der Waals surface area (Å²) in [5, 5.41) is 0. The largest absolute Gasteiger partial charge is 0.463 e. The fraction of sp³-hybridized carbons (Fsp3) is 0.722. The molecule has 0 aromatic heterocycles. The Kier molecular flexibility index (Phi) is 13.6. The van der Waals surface area contributed by atoms with Crippen LogP contribution in [0.4, 0.5) is 0 Å². The summed E-state index contributed by atoms with van der Waals surface area (Å²) in [4.78, 5) is 11.1. The molecule has 1 unspecified atom stereocenters. The van der Waals surface area contributed by atoms with E-state index >= 15 is 0 Å². The molecule has 0 saturated heterocycles. The van der Waals surface area contributed by atoms with Crippen molar-refractivity contribution in [2.45, 2.75) is 84.2 Å². The standard InChI is InChI=1S/C18H32O2/c1-4-6-8-9-10-11-12-14-16-18(20-17(3)19)15-13-7-5-2/h4,6,8,18H,1,5,7,9-16H2,2-3H3/b8-6-. The van der Waals surface area contributed by atoms with Crippen molar-refractivity contribution in [3.8, 4) is 0 Å². The van der Waals surface area contributed by atoms with Crippen molar-refractivity contribution >= 4 is 5.97 Å². The molecule has 0 N–H and O–H groups in total. The maximum Gasteiger partial charge on any atom is 0.302 e. The van der Waals surface area contributed by atoms with Crippen LogP contribution in [-0.2, 0) is 9.53 Å². The summed E-state index contributed by atoms with van der Waals surface area (Å²) in [7, 11) is 0. The number of carbonyl (C=O) groups excluding carboxylic acids is 1. The number of esters is 1. The lowest BCUT2D eigenvalue weighted by Crippen LogP contribution is -2.16. The lowest BCUT2D eigenvalue weighted by atomic mass is 10.0. The lowest BCUT2D eigenvalue weighted by Gasteiger charge is -2.16. The number of allylic oxidation sites excluding steroid dienone is 3. The molecule has 20 heavy (non-hydrogen) atoms. The molecule has 0 spiro atoms. The first-order valence-corrected chi connectivity index (χ1v) is 8.15. The quantitative estimate of drug-likeness (QED) is 0.250. The zero-order valence-corrected chi connectivity index (χ0v) is 13.4. The highest BCUT2D eigenvalue weighted by atomic mass is 16.5. The predicted molar refractivity (Wildman–Crippen MR) is 86.7 cm³/mol. The van der Waals surface area contributed by atoms with Crippen LogP contribution in [0.15, 0.2) is 24.8 Å². The van der Waals surface area contributed by atoms with Crippen LogP contribution in [0.3, 0.4) is 0 Å². The van der Waals surface area contributed by atoms with Gasteiger partial charge in [-0.15, -0.1) is 0 Å². The minimum atomic E-state index is -0.138. The van der Waals surface area contributed by atoms with Crippen molar-refractivity contribution < 1.29 is 9.53 Å². The summed E-state index contributed by atoms with van der Waals surface area (Å²) >= 11 is 0. The summed E-state index contributed by atoms with van der Waals surface area (Å²) in [5.41, 5.74) is 0. The second kappa shape index (κ2) is 14.4. The van der Waals surface area contributed by atoms with Crippen molar-refractivity contribution in [1.82, 2.24) is 0 Å². The Hall–Kier alpha value is -1.05. The summed E-state index contributed by atoms with van der Waals surface area (Å²) in [6.45, 7) is 7.36. The minimum Gasteiger partial charge on any atom is -0.463 e. The maximum atomic E-state index is 11.1. The van der Waals surface area contributed by atoms with E-state index in [1.165, 1.54) is 45.4 Å². The molecule has 0 aromatic carbocycles. The topological polar surface area (TPSA) is 26.3 Å². The van der Waals surface area contributed by atoms with Crippen molar-refractivity contribution in [3.63, 3.8) is 0 Å². The van der Waals surface area contributed by atoms with Crippen LogP contribution >= 0.6 is 0 Å². The molecule has 0 aliphatic carbocycles. The summed E-state index contributed by atoms with van der Waals surface area (Å²) in [5.74, 6) is -0.138. The summed E-state index contributed by atoms with van der Waals surface area (Å²) < 4.78 is 5.40. The highest BCUT2D eigenvalue weighted by molar-refractivity contribution is 5.66. The fourth-order valence-electron chi connectivity index (χ4n) is 2.30. The van der Waals surface area contributed by atoms with E-state index in [4.69, 9.17) is 4.74 Å². The third kappa shape index (κ3) is 13.4. The third-order valence-electron chi connectivity index (χ3n) is 3.38. The van der Waals surface area contributed by atoms with Crippen LogP contribution in [0, 0.1) is 0 Å². The predicted octanol–water partition coefficient (Wildman–Crippen LogP) is 5.58. The first-order chi connectivity index (χ1) is 9.70. The van der Waals surface area contributed by atoms with E-state index in [2.05, 4.69) is 19.6 Å². The van der Waals surface area contributed by atoms with Gasteiger partial charge in [0.15, 0.2) is 0 Å². The van der Waals surface area contributed by atoms with Gasteiger partial charge in [0.25, 0.3) is 0 Å². The van der Waals surface area contributed by atoms with Gasteiger partial charge in [0.05, 0.1) is 0 Å². The number of hydrogen-bond acceptors (Lipinski definition) is 2. The molecule has 0 rings (SSSR count). The second-order valence-electron chi connectivity index (χ2n) is 5.38. The van der Waals surface area contributed by atoms with Gasteiger partial charge >= 0.3 is 5.97 Å². The zero-order valence-electron chi connectivity index (χ0n) is 13.4. The van der Waals surface area contributed by atoms with Crippen molar-refractivity contribution in [3.05, 3.63) is 24.8 Å². The molecule has 0 radical (unpaired) electrons. The molecular weight excluding hydrogens is 248 g/mol. The molecule has 2 heteroatoms. The average molecular weight is 280 g/mol. The minimum absolute atomic E-state index is 0.138. The zero-order chi connectivity index (χ0) is 15.1. The van der Waals surface area contributed by atoms with E-state index in [1.54, 1.807) is 0 Å². The molecule has 0 fully saturated rings. The van der Waals surface area contributed by atoms with E-state index in [0.717, 1.165) is 25.7 Å². The Bertz CT molecular complexity index is 269. The number of hydrogen-bond donors (Lipinski definition) is 0. The number of carbonyl (C=O) groups is 1. The highest BCUT2D eigenvalue weighted by Crippen LogP contribution is 2.15. The van der Waals surface area contributed by atoms with Gasteiger partial charge in [-0.1, -0.05) is 57.4 Å². The van der Waals surface area contributed by atoms with Gasteiger partial charge in [-0.05, 0) is 38.5 Å². The van der Waals surface area contributed by atoms with Crippen LogP contribution in [0.5, 0.6) is 0 Å².